The van der Waals surface area contributed by atoms with Crippen molar-refractivity contribution in [2.24, 2.45) is 0 Å². The normalized spacial score (nSPS) is 12.4. The Morgan fingerprint density at radius 3 is 2.21 bits per heavy atom. The number of allylic oxidation sites excluding steroid dienone is 2. The second-order valence-corrected chi connectivity index (χ2v) is 6.40. The lowest BCUT2D eigenvalue weighted by Gasteiger charge is -2.17. The highest BCUT2D eigenvalue weighted by molar-refractivity contribution is 5.69. The molecule has 0 radical (unpaired) electrons. The van der Waals surface area contributed by atoms with E-state index in [1.807, 2.05) is 0 Å². The van der Waals surface area contributed by atoms with Gasteiger partial charge in [-0.3, -0.25) is 9.59 Å². The largest absolute Gasteiger partial charge is 0.481 e. The summed E-state index contributed by atoms with van der Waals surface area (Å²) in [6, 6.07) is 0. The van der Waals surface area contributed by atoms with E-state index in [0.29, 0.717) is 12.8 Å². The highest BCUT2D eigenvalue weighted by Crippen LogP contribution is 2.15. The molecule has 0 aromatic rings. The molecule has 4 heteroatoms. The van der Waals surface area contributed by atoms with Crippen LogP contribution in [0.25, 0.3) is 0 Å². The average molecular weight is 341 g/mol. The van der Waals surface area contributed by atoms with Crippen molar-refractivity contribution in [1.82, 2.24) is 0 Å². The number of ether oxygens (including phenoxy) is 1. The van der Waals surface area contributed by atoms with Crippen molar-refractivity contribution in [2.45, 2.75) is 103 Å². The maximum atomic E-state index is 12.0. The molecule has 0 aliphatic rings. The van der Waals surface area contributed by atoms with Crippen LogP contribution in [0.4, 0.5) is 0 Å². The highest BCUT2D eigenvalue weighted by Gasteiger charge is 2.14. The van der Waals surface area contributed by atoms with Crippen LogP contribution in [0.15, 0.2) is 12.2 Å². The number of hydrogen-bond acceptors (Lipinski definition) is 3. The zero-order valence-electron chi connectivity index (χ0n) is 15.6. The minimum atomic E-state index is -0.759. The summed E-state index contributed by atoms with van der Waals surface area (Å²) in [5.41, 5.74) is 0. The molecule has 0 aliphatic heterocycles. The Hall–Kier alpha value is -1.32. The summed E-state index contributed by atoms with van der Waals surface area (Å²) in [4.78, 5) is 22.5. The number of aliphatic carboxylic acids is 1. The van der Waals surface area contributed by atoms with Gasteiger partial charge in [-0.15, -0.1) is 0 Å². The quantitative estimate of drug-likeness (QED) is 0.224. The molecule has 0 heterocycles. The number of unbranched alkanes of at least 4 members (excludes halogenated alkanes) is 5. The van der Waals surface area contributed by atoms with Gasteiger partial charge >= 0.3 is 11.9 Å². The number of carboxylic acid groups (broad SMARTS) is 1. The summed E-state index contributed by atoms with van der Waals surface area (Å²) in [5, 5.41) is 8.66. The first-order valence-corrected chi connectivity index (χ1v) is 9.66. The van der Waals surface area contributed by atoms with Gasteiger partial charge in [-0.1, -0.05) is 45.3 Å². The molecular formula is C20H36O4. The van der Waals surface area contributed by atoms with E-state index in [2.05, 4.69) is 26.0 Å². The van der Waals surface area contributed by atoms with Crippen LogP contribution >= 0.6 is 0 Å². The van der Waals surface area contributed by atoms with Gasteiger partial charge in [0, 0.05) is 12.8 Å². The van der Waals surface area contributed by atoms with Crippen molar-refractivity contribution in [3.63, 3.8) is 0 Å². The standard InChI is InChI=1S/C20H36O4/c1-3-5-7-8-9-10-11-17-20(23)24-18(14-6-4-2)15-12-13-16-19(21)22/h7-8,18H,3-6,9-17H2,1-2H3,(H,21,22). The van der Waals surface area contributed by atoms with Crippen molar-refractivity contribution in [3.8, 4) is 0 Å². The number of carbonyl (C=O) groups excluding carboxylic acids is 1. The second kappa shape index (κ2) is 16.5. The fourth-order valence-electron chi connectivity index (χ4n) is 2.52. The zero-order chi connectivity index (χ0) is 18.0. The van der Waals surface area contributed by atoms with Crippen LogP contribution in [0.2, 0.25) is 0 Å². The van der Waals surface area contributed by atoms with E-state index in [0.717, 1.165) is 57.8 Å². The SMILES string of the molecule is CCCC=CCCCCC(=O)OC(CCCC)CCCCC(=O)O. The molecule has 0 fully saturated rings. The molecule has 4 nitrogen and oxygen atoms in total. The highest BCUT2D eigenvalue weighted by atomic mass is 16.5. The Morgan fingerprint density at radius 1 is 0.875 bits per heavy atom. The van der Waals surface area contributed by atoms with Crippen molar-refractivity contribution in [2.75, 3.05) is 0 Å². The van der Waals surface area contributed by atoms with Crippen molar-refractivity contribution >= 4 is 11.9 Å². The molecule has 0 saturated heterocycles. The fourth-order valence-corrected chi connectivity index (χ4v) is 2.52. The molecule has 0 rings (SSSR count). The van der Waals surface area contributed by atoms with Crippen LogP contribution in [-0.4, -0.2) is 23.1 Å². The van der Waals surface area contributed by atoms with E-state index in [1.54, 1.807) is 0 Å². The molecule has 0 spiro atoms. The van der Waals surface area contributed by atoms with Gasteiger partial charge in [-0.05, 0) is 51.4 Å². The van der Waals surface area contributed by atoms with Crippen LogP contribution in [0.5, 0.6) is 0 Å². The third kappa shape index (κ3) is 15.6. The number of esters is 1. The average Bonchev–Trinajstić information content (AvgIpc) is 2.55. The van der Waals surface area contributed by atoms with Crippen LogP contribution < -0.4 is 0 Å². The van der Waals surface area contributed by atoms with Crippen LogP contribution in [0, 0.1) is 0 Å². The van der Waals surface area contributed by atoms with E-state index in [4.69, 9.17) is 9.84 Å². The topological polar surface area (TPSA) is 63.6 Å². The van der Waals surface area contributed by atoms with Crippen molar-refractivity contribution in [1.29, 1.82) is 0 Å². The molecule has 0 aliphatic carbocycles. The minimum absolute atomic E-state index is 0.0457. The first kappa shape index (κ1) is 22.7. The minimum Gasteiger partial charge on any atom is -0.481 e. The van der Waals surface area contributed by atoms with Gasteiger partial charge in [-0.2, -0.15) is 0 Å². The number of carbonyl (C=O) groups is 2. The monoisotopic (exact) mass is 340 g/mol. The third-order valence-electron chi connectivity index (χ3n) is 3.97. The third-order valence-corrected chi connectivity index (χ3v) is 3.97. The van der Waals surface area contributed by atoms with Crippen molar-refractivity contribution < 1.29 is 19.4 Å². The lowest BCUT2D eigenvalue weighted by molar-refractivity contribution is -0.150. The molecule has 1 unspecified atom stereocenters. The molecule has 0 bridgehead atoms. The Balaban J connectivity index is 3.90. The van der Waals surface area contributed by atoms with Gasteiger partial charge in [0.05, 0.1) is 0 Å². The number of hydrogen-bond donors (Lipinski definition) is 1. The Morgan fingerprint density at radius 2 is 1.54 bits per heavy atom. The first-order chi connectivity index (χ1) is 11.6. The summed E-state index contributed by atoms with van der Waals surface area (Å²) in [7, 11) is 0. The molecule has 0 aromatic heterocycles. The summed E-state index contributed by atoms with van der Waals surface area (Å²) in [5.74, 6) is -0.864. The Labute approximate surface area is 147 Å². The van der Waals surface area contributed by atoms with E-state index in [1.165, 1.54) is 6.42 Å². The maximum absolute atomic E-state index is 12.0. The molecule has 140 valence electrons. The van der Waals surface area contributed by atoms with Gasteiger partial charge in [-0.25, -0.2) is 0 Å². The summed E-state index contributed by atoms with van der Waals surface area (Å²) < 4.78 is 5.60. The molecule has 24 heavy (non-hydrogen) atoms. The van der Waals surface area contributed by atoms with Crippen molar-refractivity contribution in [3.05, 3.63) is 12.2 Å². The van der Waals surface area contributed by atoms with E-state index >= 15 is 0 Å². The molecule has 1 N–H and O–H groups in total. The predicted octanol–water partition coefficient (Wildman–Crippen LogP) is 5.65. The first-order valence-electron chi connectivity index (χ1n) is 9.66. The molecule has 0 saturated carbocycles. The van der Waals surface area contributed by atoms with Crippen LogP contribution in [0.3, 0.4) is 0 Å². The number of carboxylic acids is 1. The predicted molar refractivity (Wildman–Crippen MR) is 98.0 cm³/mol. The van der Waals surface area contributed by atoms with Crippen LogP contribution in [-0.2, 0) is 14.3 Å². The van der Waals surface area contributed by atoms with E-state index < -0.39 is 5.97 Å². The lowest BCUT2D eigenvalue weighted by Crippen LogP contribution is -2.18. The summed E-state index contributed by atoms with van der Waals surface area (Å²) in [6.45, 7) is 4.28. The van der Waals surface area contributed by atoms with Crippen LogP contribution in [0.1, 0.15) is 97.3 Å². The van der Waals surface area contributed by atoms with Gasteiger partial charge in [0.2, 0.25) is 0 Å². The van der Waals surface area contributed by atoms with Gasteiger partial charge in [0.1, 0.15) is 6.10 Å². The zero-order valence-corrected chi connectivity index (χ0v) is 15.6. The van der Waals surface area contributed by atoms with Gasteiger partial charge in [0.15, 0.2) is 0 Å². The number of rotatable bonds is 16. The van der Waals surface area contributed by atoms with E-state index in [9.17, 15) is 9.59 Å². The van der Waals surface area contributed by atoms with Gasteiger partial charge < -0.3 is 9.84 Å². The lowest BCUT2D eigenvalue weighted by atomic mass is 10.0. The smallest absolute Gasteiger partial charge is 0.306 e. The second-order valence-electron chi connectivity index (χ2n) is 6.40. The fraction of sp³-hybridized carbons (Fsp3) is 0.800. The molecule has 1 atom stereocenters. The van der Waals surface area contributed by atoms with Gasteiger partial charge in [0.25, 0.3) is 0 Å². The maximum Gasteiger partial charge on any atom is 0.306 e. The molecular weight excluding hydrogens is 304 g/mol. The summed E-state index contributed by atoms with van der Waals surface area (Å²) in [6.07, 6.45) is 15.5. The summed E-state index contributed by atoms with van der Waals surface area (Å²) >= 11 is 0. The Kier molecular flexibility index (Phi) is 15.6. The molecule has 0 aromatic carbocycles. The Bertz CT molecular complexity index is 350. The van der Waals surface area contributed by atoms with E-state index in [-0.39, 0.29) is 18.5 Å². The molecule has 0 amide bonds.